The van der Waals surface area contributed by atoms with E-state index in [0.717, 1.165) is 22.2 Å². The van der Waals surface area contributed by atoms with Gasteiger partial charge < -0.3 is 5.73 Å². The van der Waals surface area contributed by atoms with E-state index in [1.807, 2.05) is 18.2 Å². The Balaban J connectivity index is 2.31. The minimum absolute atomic E-state index is 0.0358. The molecule has 6 heteroatoms. The number of anilines is 1. The summed E-state index contributed by atoms with van der Waals surface area (Å²) in [5.74, 6) is 0.611. The Hall–Kier alpha value is -2.50. The highest BCUT2D eigenvalue weighted by Crippen LogP contribution is 2.27. The van der Waals surface area contributed by atoms with Crippen LogP contribution in [0.5, 0.6) is 0 Å². The first-order valence-electron chi connectivity index (χ1n) is 5.94. The zero-order valence-corrected chi connectivity index (χ0v) is 11.1. The molecule has 0 atom stereocenters. The first-order chi connectivity index (χ1) is 9.00. The normalized spacial score (nSPS) is 11.3. The Kier molecular flexibility index (Phi) is 2.28. The van der Waals surface area contributed by atoms with Crippen LogP contribution in [-0.2, 0) is 21.1 Å². The molecule has 98 valence electrons. The summed E-state index contributed by atoms with van der Waals surface area (Å²) in [6.07, 6.45) is 1.73. The second-order valence-electron chi connectivity index (χ2n) is 4.67. The van der Waals surface area contributed by atoms with Crippen molar-refractivity contribution in [2.24, 2.45) is 21.1 Å². The minimum Gasteiger partial charge on any atom is -0.383 e. The minimum atomic E-state index is -0.0358. The summed E-state index contributed by atoms with van der Waals surface area (Å²) < 4.78 is 4.89. The lowest BCUT2D eigenvalue weighted by Gasteiger charge is -2.02. The first-order valence-corrected chi connectivity index (χ1v) is 5.94. The molecule has 19 heavy (non-hydrogen) atoms. The van der Waals surface area contributed by atoms with Gasteiger partial charge >= 0.3 is 5.69 Å². The average Bonchev–Trinajstić information content (AvgIpc) is 2.85. The van der Waals surface area contributed by atoms with E-state index in [1.54, 1.807) is 41.2 Å². The Morgan fingerprint density at radius 3 is 2.42 bits per heavy atom. The Labute approximate surface area is 109 Å². The fourth-order valence-corrected chi connectivity index (χ4v) is 2.34. The molecule has 3 rings (SSSR count). The summed E-state index contributed by atoms with van der Waals surface area (Å²) in [5.41, 5.74) is 9.56. The van der Waals surface area contributed by atoms with Crippen molar-refractivity contribution < 1.29 is 0 Å². The van der Waals surface area contributed by atoms with Gasteiger partial charge in [-0.2, -0.15) is 5.10 Å². The number of nitrogen functional groups attached to an aromatic ring is 1. The summed E-state index contributed by atoms with van der Waals surface area (Å²) in [6, 6.07) is 5.84. The molecule has 0 bridgehead atoms. The summed E-state index contributed by atoms with van der Waals surface area (Å²) in [7, 11) is 5.33. The van der Waals surface area contributed by atoms with Crippen LogP contribution in [0.3, 0.4) is 0 Å². The molecule has 2 heterocycles. The Morgan fingerprint density at radius 1 is 1.11 bits per heavy atom. The number of rotatable bonds is 1. The van der Waals surface area contributed by atoms with Crippen LogP contribution in [0, 0.1) is 0 Å². The molecule has 0 saturated heterocycles. The molecule has 6 nitrogen and oxygen atoms in total. The number of nitrogens with two attached hydrogens (primary N) is 1. The van der Waals surface area contributed by atoms with E-state index in [4.69, 9.17) is 5.73 Å². The van der Waals surface area contributed by atoms with Crippen molar-refractivity contribution >= 4 is 16.9 Å². The molecule has 3 aromatic rings. The molecule has 0 fully saturated rings. The highest BCUT2D eigenvalue weighted by molar-refractivity contribution is 5.85. The van der Waals surface area contributed by atoms with Gasteiger partial charge in [-0.25, -0.2) is 4.79 Å². The highest BCUT2D eigenvalue weighted by atomic mass is 16.1. The van der Waals surface area contributed by atoms with Crippen LogP contribution in [0.25, 0.3) is 22.2 Å². The third kappa shape index (κ3) is 1.49. The van der Waals surface area contributed by atoms with Crippen molar-refractivity contribution in [3.8, 4) is 11.1 Å². The van der Waals surface area contributed by atoms with E-state index in [-0.39, 0.29) is 5.69 Å². The monoisotopic (exact) mass is 257 g/mol. The van der Waals surface area contributed by atoms with Crippen molar-refractivity contribution in [3.63, 3.8) is 0 Å². The van der Waals surface area contributed by atoms with Crippen LogP contribution < -0.4 is 11.4 Å². The zero-order chi connectivity index (χ0) is 13.7. The topological polar surface area (TPSA) is 70.8 Å². The van der Waals surface area contributed by atoms with Crippen molar-refractivity contribution in [3.05, 3.63) is 34.9 Å². The number of hydrogen-bond acceptors (Lipinski definition) is 3. The van der Waals surface area contributed by atoms with Crippen molar-refractivity contribution in [2.75, 3.05) is 5.73 Å². The van der Waals surface area contributed by atoms with Crippen LogP contribution in [0.4, 0.5) is 5.82 Å². The summed E-state index contributed by atoms with van der Waals surface area (Å²) in [4.78, 5) is 11.9. The summed E-state index contributed by atoms with van der Waals surface area (Å²) in [5, 5.41) is 4.14. The number of imidazole rings is 1. The molecule has 0 aliphatic rings. The van der Waals surface area contributed by atoms with Crippen molar-refractivity contribution in [1.29, 1.82) is 0 Å². The van der Waals surface area contributed by atoms with Gasteiger partial charge in [-0.1, -0.05) is 6.07 Å². The molecule has 0 amide bonds. The molecule has 0 spiro atoms. The molecule has 2 aromatic heterocycles. The van der Waals surface area contributed by atoms with E-state index in [0.29, 0.717) is 5.82 Å². The number of aryl methyl sites for hydroxylation is 3. The number of fused-ring (bicyclic) bond motifs is 1. The molecule has 1 aromatic carbocycles. The van der Waals surface area contributed by atoms with Gasteiger partial charge in [-0.15, -0.1) is 0 Å². The predicted octanol–water partition coefficient (Wildman–Crippen LogP) is 0.860. The van der Waals surface area contributed by atoms with Gasteiger partial charge in [0.25, 0.3) is 0 Å². The maximum absolute atomic E-state index is 11.9. The smallest absolute Gasteiger partial charge is 0.328 e. The van der Waals surface area contributed by atoms with Crippen LogP contribution in [0.2, 0.25) is 0 Å². The van der Waals surface area contributed by atoms with Gasteiger partial charge in [-0.05, 0) is 17.7 Å². The van der Waals surface area contributed by atoms with Crippen LogP contribution in [-0.4, -0.2) is 18.9 Å². The van der Waals surface area contributed by atoms with E-state index >= 15 is 0 Å². The van der Waals surface area contributed by atoms with E-state index in [9.17, 15) is 4.79 Å². The Morgan fingerprint density at radius 2 is 1.79 bits per heavy atom. The first kappa shape index (κ1) is 11.6. The second-order valence-corrected chi connectivity index (χ2v) is 4.67. The predicted molar refractivity (Wildman–Crippen MR) is 74.8 cm³/mol. The SMILES string of the molecule is Cn1ncc(-c2ccc3c(c2)n(C)c(=O)n3C)c1N. The molecule has 0 aliphatic carbocycles. The van der Waals surface area contributed by atoms with Crippen molar-refractivity contribution in [2.45, 2.75) is 0 Å². The average molecular weight is 257 g/mol. The molecule has 0 unspecified atom stereocenters. The molecule has 0 aliphatic heterocycles. The second kappa shape index (κ2) is 3.74. The van der Waals surface area contributed by atoms with E-state index in [2.05, 4.69) is 5.10 Å². The lowest BCUT2D eigenvalue weighted by molar-refractivity contribution is 0.779. The summed E-state index contributed by atoms with van der Waals surface area (Å²) in [6.45, 7) is 0. The van der Waals surface area contributed by atoms with Gasteiger partial charge in [0, 0.05) is 26.7 Å². The van der Waals surface area contributed by atoms with Gasteiger partial charge in [-0.3, -0.25) is 13.8 Å². The zero-order valence-electron chi connectivity index (χ0n) is 11.1. The van der Waals surface area contributed by atoms with Crippen molar-refractivity contribution in [1.82, 2.24) is 18.9 Å². The molecule has 0 saturated carbocycles. The lowest BCUT2D eigenvalue weighted by atomic mass is 10.1. The van der Waals surface area contributed by atoms with Crippen LogP contribution in [0.1, 0.15) is 0 Å². The van der Waals surface area contributed by atoms with E-state index < -0.39 is 0 Å². The van der Waals surface area contributed by atoms with Crippen LogP contribution >= 0.6 is 0 Å². The number of aromatic nitrogens is 4. The standard InChI is InChI=1S/C13H15N5O/c1-16-10-5-4-8(6-11(10)17(2)13(16)19)9-7-15-18(3)12(9)14/h4-7H,14H2,1-3H3. The van der Waals surface area contributed by atoms with Crippen LogP contribution in [0.15, 0.2) is 29.2 Å². The van der Waals surface area contributed by atoms with Gasteiger partial charge in [0.05, 0.1) is 17.2 Å². The summed E-state index contributed by atoms with van der Waals surface area (Å²) >= 11 is 0. The third-order valence-electron chi connectivity index (χ3n) is 3.57. The molecule has 2 N–H and O–H groups in total. The highest BCUT2D eigenvalue weighted by Gasteiger charge is 2.12. The van der Waals surface area contributed by atoms with E-state index in [1.165, 1.54) is 0 Å². The maximum Gasteiger partial charge on any atom is 0.328 e. The van der Waals surface area contributed by atoms with Gasteiger partial charge in [0.1, 0.15) is 5.82 Å². The molecular formula is C13H15N5O. The fourth-order valence-electron chi connectivity index (χ4n) is 2.34. The fraction of sp³-hybridized carbons (Fsp3) is 0.231. The largest absolute Gasteiger partial charge is 0.383 e. The third-order valence-corrected chi connectivity index (χ3v) is 3.57. The number of hydrogen-bond donors (Lipinski definition) is 1. The molecule has 0 radical (unpaired) electrons. The quantitative estimate of drug-likeness (QED) is 0.703. The molecular weight excluding hydrogens is 242 g/mol. The number of nitrogens with zero attached hydrogens (tertiary/aromatic N) is 4. The maximum atomic E-state index is 11.9. The lowest BCUT2D eigenvalue weighted by Crippen LogP contribution is -2.19. The Bertz CT molecular complexity index is 837. The van der Waals surface area contributed by atoms with Gasteiger partial charge in [0.15, 0.2) is 0 Å². The van der Waals surface area contributed by atoms with Gasteiger partial charge in [0.2, 0.25) is 0 Å². The number of benzene rings is 1.